The van der Waals surface area contributed by atoms with Gasteiger partial charge < -0.3 is 4.57 Å². The number of nitrogens with zero attached hydrogens (tertiary/aromatic N) is 5. The minimum Gasteiger partial charge on any atom is -0.312 e. The van der Waals surface area contributed by atoms with E-state index in [4.69, 9.17) is 5.10 Å². The fraction of sp³-hybridized carbons (Fsp3) is 0.333. The average molecular weight is 456 g/mol. The lowest BCUT2D eigenvalue weighted by molar-refractivity contribution is -0.130. The van der Waals surface area contributed by atoms with Crippen molar-refractivity contribution in [3.05, 3.63) is 56.7 Å². The Kier molecular flexibility index (Phi) is 5.58. The number of thioether (sulfide) groups is 1. The fourth-order valence-electron chi connectivity index (χ4n) is 4.09. The monoisotopic (exact) mass is 455 g/mol. The van der Waals surface area contributed by atoms with Crippen molar-refractivity contribution in [1.29, 1.82) is 0 Å². The van der Waals surface area contributed by atoms with Gasteiger partial charge in [0, 0.05) is 22.7 Å². The summed E-state index contributed by atoms with van der Waals surface area (Å²) in [5.41, 5.74) is 2.36. The Labute approximate surface area is 187 Å². The van der Waals surface area contributed by atoms with Crippen molar-refractivity contribution in [2.75, 3.05) is 5.75 Å². The third-order valence-corrected chi connectivity index (χ3v) is 8.23. The van der Waals surface area contributed by atoms with Crippen LogP contribution in [0.15, 0.2) is 57.2 Å². The van der Waals surface area contributed by atoms with Crippen LogP contribution >= 0.6 is 34.4 Å². The molecule has 1 saturated carbocycles. The molecule has 5 rings (SSSR count). The largest absolute Gasteiger partial charge is 0.312 e. The molecule has 2 unspecified atom stereocenters. The molecule has 1 aliphatic heterocycles. The summed E-state index contributed by atoms with van der Waals surface area (Å²) in [6, 6.07) is 8.37. The molecule has 0 spiro atoms. The van der Waals surface area contributed by atoms with Crippen molar-refractivity contribution in [3.63, 3.8) is 0 Å². The maximum Gasteiger partial charge on any atom is 0.253 e. The van der Waals surface area contributed by atoms with Crippen molar-refractivity contribution < 1.29 is 4.79 Å². The summed E-state index contributed by atoms with van der Waals surface area (Å²) < 4.78 is 1.83. The number of amides is 1. The van der Waals surface area contributed by atoms with Gasteiger partial charge in [0.25, 0.3) is 5.91 Å². The summed E-state index contributed by atoms with van der Waals surface area (Å²) >= 11 is 4.85. The summed E-state index contributed by atoms with van der Waals surface area (Å²) in [6.07, 6.45) is 7.10. The van der Waals surface area contributed by atoms with E-state index in [1.165, 1.54) is 27.1 Å². The van der Waals surface area contributed by atoms with Crippen LogP contribution in [0.3, 0.4) is 0 Å². The molecular formula is C21H21N5OS3. The summed E-state index contributed by atoms with van der Waals surface area (Å²) in [6.45, 7) is 0. The maximum absolute atomic E-state index is 13.3. The summed E-state index contributed by atoms with van der Waals surface area (Å²) in [5, 5.41) is 19.5. The van der Waals surface area contributed by atoms with Crippen molar-refractivity contribution in [2.24, 2.45) is 18.1 Å². The minimum atomic E-state index is -0.0142. The number of hydrogen-bond donors (Lipinski definition) is 0. The number of allylic oxidation sites excluding steroid dienone is 1. The molecule has 9 heteroatoms. The molecule has 0 N–H and O–H groups in total. The van der Waals surface area contributed by atoms with Gasteiger partial charge in [-0.05, 0) is 53.8 Å². The van der Waals surface area contributed by atoms with Crippen LogP contribution in [0.5, 0.6) is 0 Å². The van der Waals surface area contributed by atoms with Crippen molar-refractivity contribution in [2.45, 2.75) is 30.5 Å². The third-order valence-electron chi connectivity index (χ3n) is 5.45. The molecule has 4 heterocycles. The molecule has 0 aromatic carbocycles. The molecule has 1 aliphatic carbocycles. The van der Waals surface area contributed by atoms with Crippen LogP contribution in [0.25, 0.3) is 6.08 Å². The molecule has 0 bridgehead atoms. The van der Waals surface area contributed by atoms with E-state index in [1.54, 1.807) is 34.0 Å². The number of rotatable bonds is 5. The predicted octanol–water partition coefficient (Wildman–Crippen LogP) is 4.85. The second-order valence-electron chi connectivity index (χ2n) is 7.38. The van der Waals surface area contributed by atoms with Crippen LogP contribution in [0.1, 0.15) is 35.1 Å². The van der Waals surface area contributed by atoms with E-state index in [1.807, 2.05) is 11.6 Å². The SMILES string of the molecule is Cn1cnnc1SCC(=O)N1N=C2/C(=C\c3cccs3)CCCC2C1c1cccs1. The maximum atomic E-state index is 13.3. The number of hydrogen-bond acceptors (Lipinski definition) is 7. The summed E-state index contributed by atoms with van der Waals surface area (Å²) in [7, 11) is 1.88. The molecule has 30 heavy (non-hydrogen) atoms. The molecule has 0 radical (unpaired) electrons. The quantitative estimate of drug-likeness (QED) is 0.516. The number of fused-ring (bicyclic) bond motifs is 1. The van der Waals surface area contributed by atoms with Crippen LogP contribution < -0.4 is 0 Å². The number of aryl methyl sites for hydroxylation is 1. The fourth-order valence-corrected chi connectivity index (χ4v) is 6.38. The Morgan fingerprint density at radius 3 is 2.90 bits per heavy atom. The van der Waals surface area contributed by atoms with E-state index in [0.717, 1.165) is 30.1 Å². The highest BCUT2D eigenvalue weighted by Gasteiger charge is 2.44. The Balaban J connectivity index is 1.45. The normalized spacial score (nSPS) is 22.4. The second kappa shape index (κ2) is 8.49. The van der Waals surface area contributed by atoms with Crippen LogP contribution in [-0.2, 0) is 11.8 Å². The summed E-state index contributed by atoms with van der Waals surface area (Å²) in [5.74, 6) is 0.563. The predicted molar refractivity (Wildman–Crippen MR) is 123 cm³/mol. The number of carbonyl (C=O) groups excluding carboxylic acids is 1. The van der Waals surface area contributed by atoms with Crippen molar-refractivity contribution in [3.8, 4) is 0 Å². The zero-order valence-corrected chi connectivity index (χ0v) is 18.9. The first-order chi connectivity index (χ1) is 14.7. The lowest BCUT2D eigenvalue weighted by Gasteiger charge is -2.28. The first-order valence-corrected chi connectivity index (χ1v) is 12.6. The van der Waals surface area contributed by atoms with Gasteiger partial charge in [-0.25, -0.2) is 5.01 Å². The molecule has 2 aliphatic rings. The van der Waals surface area contributed by atoms with Crippen molar-refractivity contribution in [1.82, 2.24) is 19.8 Å². The van der Waals surface area contributed by atoms with Gasteiger partial charge in [0.1, 0.15) is 6.33 Å². The van der Waals surface area contributed by atoms with E-state index in [-0.39, 0.29) is 17.9 Å². The van der Waals surface area contributed by atoms with E-state index >= 15 is 0 Å². The van der Waals surface area contributed by atoms with Gasteiger partial charge in [-0.3, -0.25) is 4.79 Å². The number of aromatic nitrogens is 3. The minimum absolute atomic E-state index is 0.0128. The topological polar surface area (TPSA) is 63.4 Å². The van der Waals surface area contributed by atoms with Gasteiger partial charge in [0.15, 0.2) is 5.16 Å². The number of carbonyl (C=O) groups is 1. The van der Waals surface area contributed by atoms with Gasteiger partial charge in [-0.15, -0.1) is 32.9 Å². The van der Waals surface area contributed by atoms with Gasteiger partial charge in [0.2, 0.25) is 0 Å². The second-order valence-corrected chi connectivity index (χ2v) is 10.3. The lowest BCUT2D eigenvalue weighted by atomic mass is 9.79. The molecule has 1 fully saturated rings. The number of hydrazone groups is 1. The molecule has 3 aromatic rings. The molecular weight excluding hydrogens is 434 g/mol. The highest BCUT2D eigenvalue weighted by molar-refractivity contribution is 7.99. The Morgan fingerprint density at radius 1 is 1.30 bits per heavy atom. The Morgan fingerprint density at radius 2 is 2.17 bits per heavy atom. The Bertz CT molecular complexity index is 1080. The van der Waals surface area contributed by atoms with E-state index in [2.05, 4.69) is 51.3 Å². The van der Waals surface area contributed by atoms with Crippen LogP contribution in [0.2, 0.25) is 0 Å². The van der Waals surface area contributed by atoms with Gasteiger partial charge >= 0.3 is 0 Å². The molecule has 0 saturated heterocycles. The third kappa shape index (κ3) is 3.77. The molecule has 6 nitrogen and oxygen atoms in total. The highest BCUT2D eigenvalue weighted by Crippen LogP contribution is 2.45. The molecule has 1 amide bonds. The first kappa shape index (κ1) is 19.7. The zero-order chi connectivity index (χ0) is 20.5. The zero-order valence-electron chi connectivity index (χ0n) is 16.5. The standard InChI is InChI=1S/C21H21N5OS3/c1-25-13-22-23-21(25)30-12-18(27)26-20(17-8-4-10-29-17)16-7-2-5-14(19(16)24-26)11-15-6-3-9-28-15/h3-4,6,8-11,13,16,20H,2,5,7,12H2,1H3/b14-11-. The molecule has 3 aromatic heterocycles. The van der Waals surface area contributed by atoms with E-state index < -0.39 is 0 Å². The van der Waals surface area contributed by atoms with Gasteiger partial charge in [0.05, 0.1) is 17.5 Å². The first-order valence-electron chi connectivity index (χ1n) is 9.86. The van der Waals surface area contributed by atoms with Gasteiger partial charge in [-0.1, -0.05) is 23.9 Å². The van der Waals surface area contributed by atoms with E-state index in [9.17, 15) is 4.79 Å². The lowest BCUT2D eigenvalue weighted by Crippen LogP contribution is -2.32. The summed E-state index contributed by atoms with van der Waals surface area (Å²) in [4.78, 5) is 15.7. The molecule has 2 atom stereocenters. The van der Waals surface area contributed by atoms with Gasteiger partial charge in [-0.2, -0.15) is 5.10 Å². The smallest absolute Gasteiger partial charge is 0.253 e. The Hall–Kier alpha value is -2.23. The number of thiophene rings is 2. The average Bonchev–Trinajstić information content (AvgIpc) is 3.53. The molecule has 154 valence electrons. The highest BCUT2D eigenvalue weighted by atomic mass is 32.2. The van der Waals surface area contributed by atoms with Crippen molar-refractivity contribution >= 4 is 52.1 Å². The van der Waals surface area contributed by atoms with Crippen LogP contribution in [0, 0.1) is 5.92 Å². The van der Waals surface area contributed by atoms with Crippen LogP contribution in [-0.4, -0.2) is 37.1 Å². The van der Waals surface area contributed by atoms with Crippen LogP contribution in [0.4, 0.5) is 0 Å². The van der Waals surface area contributed by atoms with E-state index in [0.29, 0.717) is 5.75 Å².